The number of hydrogen-bond acceptors (Lipinski definition) is 3. The zero-order valence-electron chi connectivity index (χ0n) is 13.3. The Morgan fingerprint density at radius 2 is 1.86 bits per heavy atom. The van der Waals surface area contributed by atoms with Crippen LogP contribution in [0.1, 0.15) is 58.4 Å². The molecule has 0 radical (unpaired) electrons. The second kappa shape index (κ2) is 9.97. The Morgan fingerprint density at radius 1 is 1.14 bits per heavy atom. The van der Waals surface area contributed by atoms with Crippen LogP contribution in [0.25, 0.3) is 0 Å². The van der Waals surface area contributed by atoms with E-state index in [2.05, 4.69) is 17.5 Å². The van der Waals surface area contributed by atoms with E-state index in [1.807, 2.05) is 38.1 Å². The third kappa shape index (κ3) is 6.93. The standard InChI is InChI=1S/C17H26N2O2/c1-4-6-7-8-9-17(20)19-18-14(3)15-10-12-16(13-11-15)21-5-2/h10-13H,4-9H2,1-3H3,(H,19,20)/b18-14+. The van der Waals surface area contributed by atoms with Gasteiger partial charge in [-0.05, 0) is 50.1 Å². The normalized spacial score (nSPS) is 11.3. The fraction of sp³-hybridized carbons (Fsp3) is 0.529. The molecule has 4 nitrogen and oxygen atoms in total. The van der Waals surface area contributed by atoms with Gasteiger partial charge in [-0.1, -0.05) is 26.2 Å². The fourth-order valence-electron chi connectivity index (χ4n) is 1.94. The molecule has 0 aliphatic carbocycles. The van der Waals surface area contributed by atoms with E-state index >= 15 is 0 Å². The average Bonchev–Trinajstić information content (AvgIpc) is 2.50. The molecule has 0 unspecified atom stereocenters. The van der Waals surface area contributed by atoms with Crippen molar-refractivity contribution in [1.29, 1.82) is 0 Å². The van der Waals surface area contributed by atoms with E-state index in [4.69, 9.17) is 4.74 Å². The second-order valence-corrected chi connectivity index (χ2v) is 5.00. The number of nitrogens with zero attached hydrogens (tertiary/aromatic N) is 1. The molecular weight excluding hydrogens is 264 g/mol. The predicted octanol–water partition coefficient (Wildman–Crippen LogP) is 3.90. The van der Waals surface area contributed by atoms with Crippen molar-refractivity contribution >= 4 is 11.6 Å². The lowest BCUT2D eigenvalue weighted by Gasteiger charge is -2.05. The molecular formula is C17H26N2O2. The molecule has 0 atom stereocenters. The van der Waals surface area contributed by atoms with Gasteiger partial charge in [-0.3, -0.25) is 4.79 Å². The van der Waals surface area contributed by atoms with Gasteiger partial charge in [0.05, 0.1) is 12.3 Å². The van der Waals surface area contributed by atoms with Crippen molar-refractivity contribution in [3.05, 3.63) is 29.8 Å². The predicted molar refractivity (Wildman–Crippen MR) is 86.7 cm³/mol. The molecule has 0 saturated carbocycles. The zero-order valence-corrected chi connectivity index (χ0v) is 13.3. The van der Waals surface area contributed by atoms with Crippen molar-refractivity contribution in [2.75, 3.05) is 6.61 Å². The van der Waals surface area contributed by atoms with Gasteiger partial charge in [-0.2, -0.15) is 5.10 Å². The summed E-state index contributed by atoms with van der Waals surface area (Å²) in [4.78, 5) is 11.6. The van der Waals surface area contributed by atoms with E-state index < -0.39 is 0 Å². The molecule has 1 rings (SSSR count). The molecule has 0 fully saturated rings. The van der Waals surface area contributed by atoms with Gasteiger partial charge in [0, 0.05) is 6.42 Å². The van der Waals surface area contributed by atoms with Crippen molar-refractivity contribution in [2.24, 2.45) is 5.10 Å². The van der Waals surface area contributed by atoms with Crippen molar-refractivity contribution < 1.29 is 9.53 Å². The van der Waals surface area contributed by atoms with Gasteiger partial charge in [0.1, 0.15) is 5.75 Å². The Labute approximate surface area is 127 Å². The molecule has 116 valence electrons. The molecule has 4 heteroatoms. The zero-order chi connectivity index (χ0) is 15.5. The number of carbonyl (C=O) groups is 1. The minimum absolute atomic E-state index is 0.0172. The molecule has 0 aromatic heterocycles. The first-order chi connectivity index (χ1) is 10.2. The summed E-state index contributed by atoms with van der Waals surface area (Å²) in [6, 6.07) is 7.70. The Hall–Kier alpha value is -1.84. The molecule has 1 amide bonds. The Kier molecular flexibility index (Phi) is 8.17. The number of hydrogen-bond donors (Lipinski definition) is 1. The molecule has 0 heterocycles. The van der Waals surface area contributed by atoms with Crippen LogP contribution in [0, 0.1) is 0 Å². The lowest BCUT2D eigenvalue weighted by atomic mass is 10.1. The van der Waals surface area contributed by atoms with Crippen LogP contribution < -0.4 is 10.2 Å². The highest BCUT2D eigenvalue weighted by Crippen LogP contribution is 2.12. The molecule has 0 spiro atoms. The summed E-state index contributed by atoms with van der Waals surface area (Å²) in [5, 5.41) is 4.15. The fourth-order valence-corrected chi connectivity index (χ4v) is 1.94. The molecule has 1 aromatic carbocycles. The highest BCUT2D eigenvalue weighted by Gasteiger charge is 2.02. The van der Waals surface area contributed by atoms with E-state index in [9.17, 15) is 4.79 Å². The van der Waals surface area contributed by atoms with Gasteiger partial charge in [-0.15, -0.1) is 0 Å². The summed E-state index contributed by atoms with van der Waals surface area (Å²) in [5.74, 6) is 0.824. The Balaban J connectivity index is 2.42. The monoisotopic (exact) mass is 290 g/mol. The molecule has 0 bridgehead atoms. The topological polar surface area (TPSA) is 50.7 Å². The maximum absolute atomic E-state index is 11.6. The minimum Gasteiger partial charge on any atom is -0.494 e. The van der Waals surface area contributed by atoms with Crippen LogP contribution >= 0.6 is 0 Å². The number of unbranched alkanes of at least 4 members (excludes halogenated alkanes) is 3. The highest BCUT2D eigenvalue weighted by molar-refractivity contribution is 5.99. The first-order valence-electron chi connectivity index (χ1n) is 7.73. The summed E-state index contributed by atoms with van der Waals surface area (Å²) in [5.41, 5.74) is 4.38. The largest absolute Gasteiger partial charge is 0.494 e. The van der Waals surface area contributed by atoms with Crippen LogP contribution in [0.3, 0.4) is 0 Å². The number of hydrazone groups is 1. The number of rotatable bonds is 9. The molecule has 0 saturated heterocycles. The van der Waals surface area contributed by atoms with Crippen LogP contribution in [0.2, 0.25) is 0 Å². The van der Waals surface area contributed by atoms with Gasteiger partial charge in [0.15, 0.2) is 0 Å². The van der Waals surface area contributed by atoms with E-state index in [1.54, 1.807) is 0 Å². The van der Waals surface area contributed by atoms with Crippen LogP contribution in [0.4, 0.5) is 0 Å². The molecule has 21 heavy (non-hydrogen) atoms. The maximum atomic E-state index is 11.6. The molecule has 0 aliphatic rings. The quantitative estimate of drug-likeness (QED) is 0.426. The third-order valence-corrected chi connectivity index (χ3v) is 3.19. The van der Waals surface area contributed by atoms with Crippen molar-refractivity contribution in [1.82, 2.24) is 5.43 Å². The van der Waals surface area contributed by atoms with Crippen molar-refractivity contribution in [3.8, 4) is 5.75 Å². The number of carbonyl (C=O) groups excluding carboxylic acids is 1. The van der Waals surface area contributed by atoms with E-state index in [1.165, 1.54) is 12.8 Å². The lowest BCUT2D eigenvalue weighted by Crippen LogP contribution is -2.18. The number of ether oxygens (including phenoxy) is 1. The maximum Gasteiger partial charge on any atom is 0.240 e. The summed E-state index contributed by atoms with van der Waals surface area (Å²) >= 11 is 0. The van der Waals surface area contributed by atoms with Crippen molar-refractivity contribution in [3.63, 3.8) is 0 Å². The van der Waals surface area contributed by atoms with Crippen LogP contribution in [0.15, 0.2) is 29.4 Å². The highest BCUT2D eigenvalue weighted by atomic mass is 16.5. The SMILES string of the molecule is CCCCCCC(=O)N/N=C(\C)c1ccc(OCC)cc1. The van der Waals surface area contributed by atoms with Crippen LogP contribution in [-0.4, -0.2) is 18.2 Å². The number of nitrogens with one attached hydrogen (secondary N) is 1. The lowest BCUT2D eigenvalue weighted by molar-refractivity contribution is -0.121. The molecule has 1 N–H and O–H groups in total. The number of benzene rings is 1. The Morgan fingerprint density at radius 3 is 2.48 bits per heavy atom. The van der Waals surface area contributed by atoms with E-state index in [-0.39, 0.29) is 5.91 Å². The van der Waals surface area contributed by atoms with Gasteiger partial charge in [-0.25, -0.2) is 5.43 Å². The number of amides is 1. The first kappa shape index (κ1) is 17.2. The molecule has 0 aliphatic heterocycles. The van der Waals surface area contributed by atoms with Gasteiger partial charge >= 0.3 is 0 Å². The van der Waals surface area contributed by atoms with Gasteiger partial charge < -0.3 is 4.74 Å². The van der Waals surface area contributed by atoms with E-state index in [0.29, 0.717) is 13.0 Å². The van der Waals surface area contributed by atoms with Crippen molar-refractivity contribution in [2.45, 2.75) is 52.9 Å². The van der Waals surface area contributed by atoms with Gasteiger partial charge in [0.25, 0.3) is 0 Å². The average molecular weight is 290 g/mol. The summed E-state index contributed by atoms with van der Waals surface area (Å²) < 4.78 is 5.39. The smallest absolute Gasteiger partial charge is 0.240 e. The van der Waals surface area contributed by atoms with Crippen LogP contribution in [0.5, 0.6) is 5.75 Å². The summed E-state index contributed by atoms with van der Waals surface area (Å²) in [6.07, 6.45) is 4.93. The summed E-state index contributed by atoms with van der Waals surface area (Å²) in [6.45, 7) is 6.65. The Bertz CT molecular complexity index is 452. The van der Waals surface area contributed by atoms with Crippen LogP contribution in [-0.2, 0) is 4.79 Å². The third-order valence-electron chi connectivity index (χ3n) is 3.19. The minimum atomic E-state index is -0.0172. The molecule has 1 aromatic rings. The summed E-state index contributed by atoms with van der Waals surface area (Å²) in [7, 11) is 0. The van der Waals surface area contributed by atoms with Gasteiger partial charge in [0.2, 0.25) is 5.91 Å². The second-order valence-electron chi connectivity index (χ2n) is 5.00. The first-order valence-corrected chi connectivity index (χ1v) is 7.73. The van der Waals surface area contributed by atoms with E-state index in [0.717, 1.165) is 29.9 Å².